The average molecular weight is 476 g/mol. The van der Waals surface area contributed by atoms with Gasteiger partial charge in [0.25, 0.3) is 5.91 Å². The van der Waals surface area contributed by atoms with Crippen LogP contribution in [-0.2, 0) is 10.2 Å². The van der Waals surface area contributed by atoms with Gasteiger partial charge in [0.15, 0.2) is 11.3 Å². The fourth-order valence-electron chi connectivity index (χ4n) is 5.68. The first kappa shape index (κ1) is 21.8. The molecular formula is C24H29N9O2. The van der Waals surface area contributed by atoms with Crippen LogP contribution < -0.4 is 21.3 Å². The number of nitrogens with zero attached hydrogens (tertiary/aromatic N) is 6. The molecule has 0 radical (unpaired) electrons. The van der Waals surface area contributed by atoms with Crippen LogP contribution in [0, 0.1) is 5.41 Å². The Balaban J connectivity index is 1.29. The molecule has 4 heterocycles. The topological polar surface area (TPSA) is 143 Å². The number of amides is 2. The minimum atomic E-state index is -0.821. The van der Waals surface area contributed by atoms with Gasteiger partial charge in [-0.15, -0.1) is 10.2 Å². The summed E-state index contributed by atoms with van der Waals surface area (Å²) in [5.41, 5.74) is 8.00. The summed E-state index contributed by atoms with van der Waals surface area (Å²) in [5.74, 6) is -0.523. The van der Waals surface area contributed by atoms with Gasteiger partial charge in [-0.25, -0.2) is 4.52 Å². The zero-order chi connectivity index (χ0) is 24.2. The second-order valence-electron chi connectivity index (χ2n) is 10.1. The van der Waals surface area contributed by atoms with Gasteiger partial charge in [0.05, 0.1) is 28.7 Å². The van der Waals surface area contributed by atoms with Gasteiger partial charge in [0.2, 0.25) is 11.9 Å². The van der Waals surface area contributed by atoms with Gasteiger partial charge in [-0.1, -0.05) is 12.8 Å². The number of rotatable bonds is 6. The SMILES string of the molecule is CNC(=O)c1nnc(C2(C(N)=O)CC2)cc1Nc1nc2ccc(N3CCC4(CCCC4)C3)cn2n1. The summed E-state index contributed by atoms with van der Waals surface area (Å²) in [7, 11) is 1.52. The monoisotopic (exact) mass is 475 g/mol. The number of hydrogen-bond acceptors (Lipinski definition) is 8. The van der Waals surface area contributed by atoms with E-state index in [9.17, 15) is 9.59 Å². The number of nitrogens with one attached hydrogen (secondary N) is 2. The number of anilines is 3. The van der Waals surface area contributed by atoms with E-state index in [1.54, 1.807) is 10.6 Å². The summed E-state index contributed by atoms with van der Waals surface area (Å²) >= 11 is 0. The van der Waals surface area contributed by atoms with Crippen molar-refractivity contribution < 1.29 is 9.59 Å². The maximum absolute atomic E-state index is 12.4. The molecule has 0 bridgehead atoms. The van der Waals surface area contributed by atoms with E-state index in [0.29, 0.717) is 41.2 Å². The average Bonchev–Trinajstić information content (AvgIpc) is 3.17. The molecule has 2 aliphatic carbocycles. The van der Waals surface area contributed by atoms with Crippen molar-refractivity contribution in [2.45, 2.75) is 50.4 Å². The third kappa shape index (κ3) is 3.65. The zero-order valence-corrected chi connectivity index (χ0v) is 19.8. The molecule has 2 saturated carbocycles. The van der Waals surface area contributed by atoms with Crippen molar-refractivity contribution in [3.8, 4) is 0 Å². The molecule has 0 unspecified atom stereocenters. The van der Waals surface area contributed by atoms with Crippen molar-refractivity contribution in [2.75, 3.05) is 30.4 Å². The Morgan fingerprint density at radius 3 is 2.60 bits per heavy atom. The molecule has 3 aliphatic rings. The Kier molecular flexibility index (Phi) is 4.90. The normalized spacial score (nSPS) is 19.9. The number of carbonyl (C=O) groups excluding carboxylic acids is 2. The number of hydrogen-bond donors (Lipinski definition) is 3. The largest absolute Gasteiger partial charge is 0.370 e. The minimum absolute atomic E-state index is 0.0926. The smallest absolute Gasteiger partial charge is 0.273 e. The third-order valence-corrected chi connectivity index (χ3v) is 7.98. The van der Waals surface area contributed by atoms with Crippen molar-refractivity contribution in [1.29, 1.82) is 0 Å². The Morgan fingerprint density at radius 1 is 1.09 bits per heavy atom. The molecule has 1 aliphatic heterocycles. The molecule has 0 aromatic carbocycles. The number of aromatic nitrogens is 5. The van der Waals surface area contributed by atoms with Crippen molar-refractivity contribution in [1.82, 2.24) is 30.1 Å². The Hall–Kier alpha value is -3.76. The molecule has 11 nitrogen and oxygen atoms in total. The van der Waals surface area contributed by atoms with Gasteiger partial charge < -0.3 is 21.3 Å². The maximum atomic E-state index is 12.4. The lowest BCUT2D eigenvalue weighted by molar-refractivity contribution is -0.120. The molecule has 6 rings (SSSR count). The van der Waals surface area contributed by atoms with Crippen LogP contribution in [0.5, 0.6) is 0 Å². The van der Waals surface area contributed by atoms with Gasteiger partial charge in [-0.3, -0.25) is 9.59 Å². The molecule has 182 valence electrons. The number of nitrogens with two attached hydrogens (primary N) is 1. The van der Waals surface area contributed by atoms with Gasteiger partial charge in [0.1, 0.15) is 0 Å². The molecule has 4 N–H and O–H groups in total. The summed E-state index contributed by atoms with van der Waals surface area (Å²) < 4.78 is 1.75. The number of fused-ring (bicyclic) bond motifs is 1. The summed E-state index contributed by atoms with van der Waals surface area (Å²) in [4.78, 5) is 31.4. The van der Waals surface area contributed by atoms with E-state index in [2.05, 4.69) is 41.9 Å². The first-order valence-corrected chi connectivity index (χ1v) is 12.2. The molecule has 3 aromatic heterocycles. The molecule has 1 spiro atoms. The van der Waals surface area contributed by atoms with Crippen LogP contribution in [0.2, 0.25) is 0 Å². The van der Waals surface area contributed by atoms with Crippen LogP contribution in [0.15, 0.2) is 24.4 Å². The van der Waals surface area contributed by atoms with Crippen molar-refractivity contribution >= 4 is 34.8 Å². The van der Waals surface area contributed by atoms with E-state index in [1.165, 1.54) is 39.2 Å². The van der Waals surface area contributed by atoms with E-state index < -0.39 is 17.2 Å². The summed E-state index contributed by atoms with van der Waals surface area (Å²) in [6, 6.07) is 5.70. The second kappa shape index (κ2) is 7.89. The number of pyridine rings is 1. The highest BCUT2D eigenvalue weighted by molar-refractivity contribution is 5.98. The maximum Gasteiger partial charge on any atom is 0.273 e. The van der Waals surface area contributed by atoms with E-state index in [4.69, 9.17) is 5.73 Å². The minimum Gasteiger partial charge on any atom is -0.370 e. The molecule has 2 amide bonds. The lowest BCUT2D eigenvalue weighted by Crippen LogP contribution is -2.30. The third-order valence-electron chi connectivity index (χ3n) is 7.98. The first-order valence-electron chi connectivity index (χ1n) is 12.2. The predicted octanol–water partition coefficient (Wildman–Crippen LogP) is 1.91. The fourth-order valence-corrected chi connectivity index (χ4v) is 5.68. The highest BCUT2D eigenvalue weighted by Crippen LogP contribution is 2.48. The van der Waals surface area contributed by atoms with E-state index in [1.807, 2.05) is 12.3 Å². The van der Waals surface area contributed by atoms with Crippen molar-refractivity contribution in [2.24, 2.45) is 11.1 Å². The van der Waals surface area contributed by atoms with Gasteiger partial charge in [-0.2, -0.15) is 10.1 Å². The molecule has 11 heteroatoms. The van der Waals surface area contributed by atoms with Gasteiger partial charge in [-0.05, 0) is 55.7 Å². The molecule has 3 aromatic rings. The van der Waals surface area contributed by atoms with E-state index in [0.717, 1.165) is 18.8 Å². The van der Waals surface area contributed by atoms with Crippen LogP contribution in [0.25, 0.3) is 5.65 Å². The first-order chi connectivity index (χ1) is 16.9. The summed E-state index contributed by atoms with van der Waals surface area (Å²) in [6.45, 7) is 2.16. The standard InChI is InChI=1S/C24H29N9O2/c1-26-20(34)19-16(12-17(29-30-19)24(8-9-24)21(25)35)27-22-28-18-5-4-15(13-33(18)31-22)32-11-10-23(14-32)6-2-3-7-23/h4-5,12-13H,2-3,6-11,14H2,1H3,(H2,25,35)(H,26,34)(H,27,29,31). The lowest BCUT2D eigenvalue weighted by Gasteiger charge is -2.24. The molecule has 1 saturated heterocycles. The molecule has 0 atom stereocenters. The second-order valence-corrected chi connectivity index (χ2v) is 10.1. The Bertz CT molecular complexity index is 1320. The highest BCUT2D eigenvalue weighted by Gasteiger charge is 2.52. The zero-order valence-electron chi connectivity index (χ0n) is 19.8. The molecular weight excluding hydrogens is 446 g/mol. The van der Waals surface area contributed by atoms with Crippen LogP contribution >= 0.6 is 0 Å². The van der Waals surface area contributed by atoms with Crippen LogP contribution in [0.1, 0.15) is 61.1 Å². The molecule has 3 fully saturated rings. The fraction of sp³-hybridized carbons (Fsp3) is 0.500. The Labute approximate surface area is 202 Å². The lowest BCUT2D eigenvalue weighted by atomic mass is 9.86. The van der Waals surface area contributed by atoms with Gasteiger partial charge >= 0.3 is 0 Å². The Morgan fingerprint density at radius 2 is 1.89 bits per heavy atom. The predicted molar refractivity (Wildman–Crippen MR) is 130 cm³/mol. The molecule has 35 heavy (non-hydrogen) atoms. The number of carbonyl (C=O) groups is 2. The number of primary amides is 1. The van der Waals surface area contributed by atoms with Crippen LogP contribution in [0.3, 0.4) is 0 Å². The van der Waals surface area contributed by atoms with Crippen molar-refractivity contribution in [3.63, 3.8) is 0 Å². The van der Waals surface area contributed by atoms with E-state index >= 15 is 0 Å². The van der Waals surface area contributed by atoms with Gasteiger partial charge in [0, 0.05) is 20.1 Å². The summed E-state index contributed by atoms with van der Waals surface area (Å²) in [6.07, 6.45) is 9.83. The quantitative estimate of drug-likeness (QED) is 0.490. The van der Waals surface area contributed by atoms with Crippen LogP contribution in [0.4, 0.5) is 17.3 Å². The highest BCUT2D eigenvalue weighted by atomic mass is 16.2. The van der Waals surface area contributed by atoms with Crippen molar-refractivity contribution in [3.05, 3.63) is 35.8 Å². The van der Waals surface area contributed by atoms with E-state index in [-0.39, 0.29) is 5.69 Å². The summed E-state index contributed by atoms with van der Waals surface area (Å²) in [5, 5.41) is 18.5. The van der Waals surface area contributed by atoms with Crippen LogP contribution in [-0.4, -0.2) is 56.7 Å².